The van der Waals surface area contributed by atoms with Crippen molar-refractivity contribution >= 4 is 31.9 Å². The van der Waals surface area contributed by atoms with E-state index in [1.807, 2.05) is 25.7 Å². The molecule has 97 valence electrons. The summed E-state index contributed by atoms with van der Waals surface area (Å²) in [6.07, 6.45) is 4.69. The van der Waals surface area contributed by atoms with Crippen molar-refractivity contribution in [1.29, 1.82) is 0 Å². The Morgan fingerprint density at radius 3 is 2.24 bits per heavy atom. The van der Waals surface area contributed by atoms with Gasteiger partial charge >= 0.3 is 121 Å². The van der Waals surface area contributed by atoms with Crippen LogP contribution in [0.4, 0.5) is 4.79 Å². The standard InChI is InChI=1S/C13H24NO2.Tl.H/c1-10-6-8-11(9-7-10)14(5)12(15)16-13(2,3)4;;/h10-11H,5-9H2,1-4H3;;. The van der Waals surface area contributed by atoms with Crippen molar-refractivity contribution in [1.82, 2.24) is 4.90 Å². The molecule has 0 N–H and O–H groups in total. The number of amides is 1. The van der Waals surface area contributed by atoms with E-state index in [0.717, 1.165) is 22.9 Å². The summed E-state index contributed by atoms with van der Waals surface area (Å²) in [5.74, 6) is 0.825. The van der Waals surface area contributed by atoms with E-state index in [2.05, 4.69) is 6.92 Å². The van der Waals surface area contributed by atoms with Gasteiger partial charge in [0.15, 0.2) is 0 Å². The molecule has 1 rings (SSSR count). The second-order valence-corrected chi connectivity index (χ2v) is 7.83. The van der Waals surface area contributed by atoms with E-state index in [1.54, 1.807) is 0 Å². The molecule has 1 saturated carbocycles. The van der Waals surface area contributed by atoms with Crippen LogP contribution < -0.4 is 0 Å². The molecule has 0 spiro atoms. The zero-order valence-electron chi connectivity index (χ0n) is 11.7. The van der Waals surface area contributed by atoms with Crippen LogP contribution in [0.15, 0.2) is 0 Å². The molecule has 1 aliphatic carbocycles. The molecule has 0 unspecified atom stereocenters. The van der Waals surface area contributed by atoms with Crippen LogP contribution in [0.3, 0.4) is 0 Å². The molecular weight excluding hydrogens is 407 g/mol. The summed E-state index contributed by atoms with van der Waals surface area (Å²) in [4.78, 5) is 14.1. The van der Waals surface area contributed by atoms with Gasteiger partial charge in [0.05, 0.1) is 0 Å². The van der Waals surface area contributed by atoms with Gasteiger partial charge in [-0.15, -0.1) is 0 Å². The van der Waals surface area contributed by atoms with Gasteiger partial charge in [0.25, 0.3) is 0 Å². The van der Waals surface area contributed by atoms with E-state index in [1.165, 1.54) is 12.8 Å². The van der Waals surface area contributed by atoms with Crippen LogP contribution in [-0.4, -0.2) is 52.5 Å². The minimum atomic E-state index is -0.375. The van der Waals surface area contributed by atoms with Crippen LogP contribution in [-0.2, 0) is 4.74 Å². The molecule has 0 aliphatic heterocycles. The molecular formula is C13H25NO2Tl. The molecule has 0 aromatic rings. The molecule has 0 saturated heterocycles. The Morgan fingerprint density at radius 2 is 1.82 bits per heavy atom. The van der Waals surface area contributed by atoms with Crippen LogP contribution >= 0.6 is 0 Å². The van der Waals surface area contributed by atoms with Crippen molar-refractivity contribution in [3.63, 3.8) is 0 Å². The fraction of sp³-hybridized carbons (Fsp3) is 0.923. The number of nitrogens with zero attached hydrogens (tertiary/aromatic N) is 1. The summed E-state index contributed by atoms with van der Waals surface area (Å²) < 4.78 is 6.43. The summed E-state index contributed by atoms with van der Waals surface area (Å²) in [7, 11) is 0. The van der Waals surface area contributed by atoms with Gasteiger partial charge < -0.3 is 0 Å². The van der Waals surface area contributed by atoms with Crippen molar-refractivity contribution < 1.29 is 9.53 Å². The van der Waals surface area contributed by atoms with Gasteiger partial charge in [-0.2, -0.15) is 0 Å². The average molecular weight is 432 g/mol. The van der Waals surface area contributed by atoms with Gasteiger partial charge in [0.1, 0.15) is 0 Å². The molecule has 0 bridgehead atoms. The fourth-order valence-corrected chi connectivity index (χ4v) is 4.43. The second-order valence-electron chi connectivity index (χ2n) is 6.09. The van der Waals surface area contributed by atoms with E-state index in [0.29, 0.717) is 31.8 Å². The van der Waals surface area contributed by atoms with Crippen molar-refractivity contribution in [3.05, 3.63) is 0 Å². The predicted octanol–water partition coefficient (Wildman–Crippen LogP) is 2.66. The number of hydrogen-bond donors (Lipinski definition) is 0. The van der Waals surface area contributed by atoms with Crippen molar-refractivity contribution in [2.75, 3.05) is 4.10 Å². The van der Waals surface area contributed by atoms with Crippen LogP contribution in [0.1, 0.15) is 53.4 Å². The van der Waals surface area contributed by atoms with Crippen LogP contribution in [0.5, 0.6) is 0 Å². The molecule has 0 aromatic carbocycles. The molecule has 3 nitrogen and oxygen atoms in total. The van der Waals surface area contributed by atoms with Crippen molar-refractivity contribution in [3.8, 4) is 0 Å². The SMILES string of the molecule is CC1CCC(N([CH2][TlH])C(=O)OC(C)(C)C)CC1. The van der Waals surface area contributed by atoms with Crippen LogP contribution in [0, 0.1) is 5.92 Å². The number of hydrogen-bond acceptors (Lipinski definition) is 2. The monoisotopic (exact) mass is 432 g/mol. The van der Waals surface area contributed by atoms with E-state index >= 15 is 0 Å². The number of carbonyl (C=O) groups is 1. The number of rotatable bonds is 2. The fourth-order valence-electron chi connectivity index (χ4n) is 2.30. The second kappa shape index (κ2) is 6.39. The summed E-state index contributed by atoms with van der Waals surface area (Å²) >= 11 is 0.609. The normalized spacial score (nSPS) is 25.4. The van der Waals surface area contributed by atoms with Gasteiger partial charge in [0, 0.05) is 0 Å². The Kier molecular flexibility index (Phi) is 5.73. The maximum atomic E-state index is 12.1. The Balaban J connectivity index is 2.55. The first-order chi connectivity index (χ1) is 7.83. The predicted molar refractivity (Wildman–Crippen MR) is 71.5 cm³/mol. The van der Waals surface area contributed by atoms with E-state index in [-0.39, 0.29) is 11.7 Å². The molecule has 0 atom stereocenters. The molecule has 17 heavy (non-hydrogen) atoms. The Morgan fingerprint density at radius 1 is 1.29 bits per heavy atom. The first kappa shape index (κ1) is 15.3. The maximum absolute atomic E-state index is 12.1. The average Bonchev–Trinajstić information content (AvgIpc) is 2.19. The van der Waals surface area contributed by atoms with Gasteiger partial charge in [-0.3, -0.25) is 0 Å². The molecule has 1 aliphatic rings. The quantitative estimate of drug-likeness (QED) is 0.629. The van der Waals surface area contributed by atoms with Gasteiger partial charge in [0.2, 0.25) is 0 Å². The van der Waals surface area contributed by atoms with Crippen LogP contribution in [0.25, 0.3) is 0 Å². The molecule has 0 radical (unpaired) electrons. The molecule has 4 heteroatoms. The van der Waals surface area contributed by atoms with E-state index < -0.39 is 0 Å². The Labute approximate surface area is 121 Å². The Bertz CT molecular complexity index is 255. The third kappa shape index (κ3) is 5.14. The summed E-state index contributed by atoms with van der Waals surface area (Å²) in [5, 5.41) is 0. The first-order valence-electron chi connectivity index (χ1n) is 6.62. The summed E-state index contributed by atoms with van der Waals surface area (Å²) in [6, 6.07) is 0.429. The third-order valence-corrected chi connectivity index (χ3v) is 5.17. The number of ether oxygens (including phenoxy) is 1. The first-order valence-corrected chi connectivity index (χ1v) is 10.5. The zero-order chi connectivity index (χ0) is 13.1. The molecule has 0 heterocycles. The van der Waals surface area contributed by atoms with Crippen molar-refractivity contribution in [2.24, 2.45) is 5.92 Å². The van der Waals surface area contributed by atoms with E-state index in [4.69, 9.17) is 4.74 Å². The zero-order valence-corrected chi connectivity index (χ0v) is 17.2. The molecule has 1 fully saturated rings. The topological polar surface area (TPSA) is 29.5 Å². The minimum absolute atomic E-state index is 0.105. The molecule has 0 aromatic heterocycles. The van der Waals surface area contributed by atoms with Crippen LogP contribution in [0.2, 0.25) is 0 Å². The van der Waals surface area contributed by atoms with Gasteiger partial charge in [-0.25, -0.2) is 0 Å². The van der Waals surface area contributed by atoms with E-state index in [9.17, 15) is 4.79 Å². The Hall–Kier alpha value is 0.192. The van der Waals surface area contributed by atoms with Crippen molar-refractivity contribution in [2.45, 2.75) is 65.0 Å². The molecule has 1 amide bonds. The summed E-state index contributed by atoms with van der Waals surface area (Å²) in [5.41, 5.74) is -0.375. The third-order valence-electron chi connectivity index (χ3n) is 3.30. The van der Waals surface area contributed by atoms with Gasteiger partial charge in [-0.05, 0) is 0 Å². The summed E-state index contributed by atoms with van der Waals surface area (Å²) in [6.45, 7) is 8.11. The number of carbonyl (C=O) groups excluding carboxylic acids is 1. The van der Waals surface area contributed by atoms with Gasteiger partial charge in [-0.1, -0.05) is 0 Å².